The molecule has 1 heterocycles. The number of aromatic nitrogens is 3. The van der Waals surface area contributed by atoms with Crippen LogP contribution in [0.1, 0.15) is 43.4 Å². The van der Waals surface area contributed by atoms with Gasteiger partial charge in [0.25, 0.3) is 0 Å². The topological polar surface area (TPSA) is 77.2 Å². The molecule has 1 aromatic heterocycles. The van der Waals surface area contributed by atoms with E-state index in [0.29, 0.717) is 25.3 Å². The summed E-state index contributed by atoms with van der Waals surface area (Å²) in [5.74, 6) is -0.459. The summed E-state index contributed by atoms with van der Waals surface area (Å²) in [6, 6.07) is 0. The Morgan fingerprint density at radius 3 is 2.71 bits per heavy atom. The van der Waals surface area contributed by atoms with E-state index in [4.69, 9.17) is 4.74 Å². The van der Waals surface area contributed by atoms with Crippen LogP contribution in [0, 0.1) is 6.92 Å². The molecule has 0 saturated carbocycles. The Kier molecular flexibility index (Phi) is 4.22. The van der Waals surface area contributed by atoms with Crippen LogP contribution in [0.4, 0.5) is 0 Å². The first kappa shape index (κ1) is 13.6. The van der Waals surface area contributed by atoms with Crippen molar-refractivity contribution in [2.45, 2.75) is 46.3 Å². The first-order valence-electron chi connectivity index (χ1n) is 5.64. The average molecular weight is 241 g/mol. The lowest BCUT2D eigenvalue weighted by molar-refractivity contribution is 0.0518. The van der Waals surface area contributed by atoms with Gasteiger partial charge in [-0.3, -0.25) is 0 Å². The molecule has 0 radical (unpaired) electrons. The van der Waals surface area contributed by atoms with Gasteiger partial charge in [0.05, 0.1) is 17.9 Å². The van der Waals surface area contributed by atoms with Crippen molar-refractivity contribution in [3.8, 4) is 0 Å². The van der Waals surface area contributed by atoms with Crippen molar-refractivity contribution in [2.75, 3.05) is 6.61 Å². The van der Waals surface area contributed by atoms with Crippen LogP contribution in [0.15, 0.2) is 0 Å². The minimum absolute atomic E-state index is 0.239. The van der Waals surface area contributed by atoms with Crippen LogP contribution in [-0.2, 0) is 11.3 Å². The summed E-state index contributed by atoms with van der Waals surface area (Å²) in [5, 5.41) is 17.3. The second kappa shape index (κ2) is 5.27. The zero-order valence-electron chi connectivity index (χ0n) is 10.7. The van der Waals surface area contributed by atoms with Crippen LogP contribution >= 0.6 is 0 Å². The highest BCUT2D eigenvalue weighted by atomic mass is 16.5. The van der Waals surface area contributed by atoms with E-state index in [-0.39, 0.29) is 5.69 Å². The van der Waals surface area contributed by atoms with Crippen LogP contribution < -0.4 is 0 Å². The van der Waals surface area contributed by atoms with E-state index in [0.717, 1.165) is 0 Å². The molecule has 0 aromatic carbocycles. The van der Waals surface area contributed by atoms with Gasteiger partial charge in [-0.2, -0.15) is 0 Å². The van der Waals surface area contributed by atoms with E-state index in [1.807, 2.05) is 0 Å². The molecule has 6 nitrogen and oxygen atoms in total. The number of ether oxygens (including phenoxy) is 1. The predicted molar refractivity (Wildman–Crippen MR) is 61.6 cm³/mol. The molecule has 6 heteroatoms. The zero-order valence-corrected chi connectivity index (χ0v) is 10.7. The molecule has 17 heavy (non-hydrogen) atoms. The third-order valence-electron chi connectivity index (χ3n) is 2.39. The van der Waals surface area contributed by atoms with Crippen molar-refractivity contribution >= 4 is 5.97 Å². The number of esters is 1. The predicted octanol–water partition coefficient (Wildman–Crippen LogP) is 0.924. The number of aryl methyl sites for hydroxylation is 1. The molecule has 0 aliphatic heterocycles. The van der Waals surface area contributed by atoms with Crippen LogP contribution in [-0.4, -0.2) is 38.3 Å². The molecule has 0 amide bonds. The molecular formula is C11H19N3O3. The highest BCUT2D eigenvalue weighted by Gasteiger charge is 2.19. The Hall–Kier alpha value is -1.43. The third-order valence-corrected chi connectivity index (χ3v) is 2.39. The lowest BCUT2D eigenvalue weighted by Gasteiger charge is -2.16. The Labute approximate surface area is 101 Å². The molecular weight excluding hydrogens is 222 g/mol. The maximum absolute atomic E-state index is 11.5. The number of hydrogen-bond donors (Lipinski definition) is 1. The van der Waals surface area contributed by atoms with E-state index >= 15 is 0 Å². The molecule has 0 atom stereocenters. The van der Waals surface area contributed by atoms with Gasteiger partial charge in [-0.15, -0.1) is 5.10 Å². The van der Waals surface area contributed by atoms with Crippen molar-refractivity contribution in [1.82, 2.24) is 15.0 Å². The van der Waals surface area contributed by atoms with Gasteiger partial charge in [0, 0.05) is 6.54 Å². The van der Waals surface area contributed by atoms with Crippen molar-refractivity contribution in [3.05, 3.63) is 11.4 Å². The van der Waals surface area contributed by atoms with E-state index in [1.165, 1.54) is 0 Å². The van der Waals surface area contributed by atoms with Crippen molar-refractivity contribution in [1.29, 1.82) is 0 Å². The van der Waals surface area contributed by atoms with Crippen LogP contribution in [0.2, 0.25) is 0 Å². The first-order valence-corrected chi connectivity index (χ1v) is 5.64. The maximum atomic E-state index is 11.5. The molecule has 0 aliphatic carbocycles. The smallest absolute Gasteiger partial charge is 0.360 e. The second-order valence-corrected chi connectivity index (χ2v) is 4.53. The Bertz CT molecular complexity index is 393. The standard InChI is InChI=1S/C11H19N3O3/c1-5-17-10(15)9-8(2)14(13-12-9)7-6-11(3,4)16/h16H,5-7H2,1-4H3. The Morgan fingerprint density at radius 1 is 1.53 bits per heavy atom. The van der Waals surface area contributed by atoms with E-state index in [2.05, 4.69) is 10.3 Å². The molecule has 0 saturated heterocycles. The third kappa shape index (κ3) is 3.81. The molecule has 0 unspecified atom stereocenters. The average Bonchev–Trinajstić information content (AvgIpc) is 2.56. The van der Waals surface area contributed by atoms with Crippen molar-refractivity contribution < 1.29 is 14.6 Å². The molecule has 1 rings (SSSR count). The summed E-state index contributed by atoms with van der Waals surface area (Å²) in [5.41, 5.74) is 0.137. The van der Waals surface area contributed by atoms with Gasteiger partial charge in [0.1, 0.15) is 0 Å². The minimum atomic E-state index is -0.761. The SMILES string of the molecule is CCOC(=O)c1nnn(CCC(C)(C)O)c1C. The molecule has 96 valence electrons. The summed E-state index contributed by atoms with van der Waals surface area (Å²) in [6.45, 7) is 7.79. The minimum Gasteiger partial charge on any atom is -0.461 e. The van der Waals surface area contributed by atoms with Crippen molar-refractivity contribution in [3.63, 3.8) is 0 Å². The normalized spacial score (nSPS) is 11.6. The molecule has 1 N–H and O–H groups in total. The van der Waals surface area contributed by atoms with Gasteiger partial charge < -0.3 is 9.84 Å². The first-order chi connectivity index (χ1) is 7.85. The highest BCUT2D eigenvalue weighted by Crippen LogP contribution is 2.11. The van der Waals surface area contributed by atoms with Gasteiger partial charge in [-0.05, 0) is 34.1 Å². The second-order valence-electron chi connectivity index (χ2n) is 4.53. The number of rotatable bonds is 5. The zero-order chi connectivity index (χ0) is 13.1. The van der Waals surface area contributed by atoms with E-state index in [1.54, 1.807) is 32.4 Å². The van der Waals surface area contributed by atoms with Crippen molar-refractivity contribution in [2.24, 2.45) is 0 Å². The largest absolute Gasteiger partial charge is 0.461 e. The fourth-order valence-corrected chi connectivity index (χ4v) is 1.34. The monoisotopic (exact) mass is 241 g/mol. The molecule has 0 fully saturated rings. The quantitative estimate of drug-likeness (QED) is 0.776. The number of carbonyl (C=O) groups excluding carboxylic acids is 1. The van der Waals surface area contributed by atoms with Gasteiger partial charge in [0.15, 0.2) is 5.69 Å². The van der Waals surface area contributed by atoms with Gasteiger partial charge >= 0.3 is 5.97 Å². The number of carbonyl (C=O) groups is 1. The maximum Gasteiger partial charge on any atom is 0.360 e. The molecule has 0 aliphatic rings. The van der Waals surface area contributed by atoms with Crippen LogP contribution in [0.25, 0.3) is 0 Å². The molecule has 0 spiro atoms. The number of hydrogen-bond acceptors (Lipinski definition) is 5. The summed E-state index contributed by atoms with van der Waals surface area (Å²) in [7, 11) is 0. The van der Waals surface area contributed by atoms with Crippen LogP contribution in [0.5, 0.6) is 0 Å². The lowest BCUT2D eigenvalue weighted by Crippen LogP contribution is -2.22. The summed E-state index contributed by atoms with van der Waals surface area (Å²) >= 11 is 0. The number of nitrogens with zero attached hydrogens (tertiary/aromatic N) is 3. The van der Waals surface area contributed by atoms with E-state index in [9.17, 15) is 9.90 Å². The van der Waals surface area contributed by atoms with Gasteiger partial charge in [-0.1, -0.05) is 5.21 Å². The van der Waals surface area contributed by atoms with Gasteiger partial charge in [0.2, 0.25) is 0 Å². The fraction of sp³-hybridized carbons (Fsp3) is 0.727. The lowest BCUT2D eigenvalue weighted by atomic mass is 10.1. The summed E-state index contributed by atoms with van der Waals surface area (Å²) < 4.78 is 6.46. The summed E-state index contributed by atoms with van der Waals surface area (Å²) in [6.07, 6.45) is 0.541. The van der Waals surface area contributed by atoms with Gasteiger partial charge in [-0.25, -0.2) is 9.48 Å². The molecule has 1 aromatic rings. The summed E-state index contributed by atoms with van der Waals surface area (Å²) in [4.78, 5) is 11.5. The Morgan fingerprint density at radius 2 is 2.18 bits per heavy atom. The molecule has 0 bridgehead atoms. The van der Waals surface area contributed by atoms with E-state index < -0.39 is 11.6 Å². The Balaban J connectivity index is 2.74. The number of aliphatic hydroxyl groups is 1. The highest BCUT2D eigenvalue weighted by molar-refractivity contribution is 5.88. The van der Waals surface area contributed by atoms with Crippen LogP contribution in [0.3, 0.4) is 0 Å². The fourth-order valence-electron chi connectivity index (χ4n) is 1.34.